The van der Waals surface area contributed by atoms with Crippen LogP contribution in [-0.2, 0) is 6.42 Å². The number of nitrogens with two attached hydrogens (primary N) is 1. The van der Waals surface area contributed by atoms with Crippen LogP contribution in [0.5, 0.6) is 0 Å². The van der Waals surface area contributed by atoms with Crippen molar-refractivity contribution in [3.8, 4) is 0 Å². The topological polar surface area (TPSA) is 38.0 Å². The molecule has 2 heteroatoms. The Hall–Kier alpha value is -0.860. The first kappa shape index (κ1) is 14.5. The van der Waals surface area contributed by atoms with E-state index in [4.69, 9.17) is 5.84 Å². The van der Waals surface area contributed by atoms with Crippen LogP contribution in [0.25, 0.3) is 0 Å². The molecule has 2 rings (SSSR count). The van der Waals surface area contributed by atoms with E-state index >= 15 is 0 Å². The molecule has 0 bridgehead atoms. The molecule has 3 unspecified atom stereocenters. The maximum atomic E-state index is 5.83. The summed E-state index contributed by atoms with van der Waals surface area (Å²) >= 11 is 0. The van der Waals surface area contributed by atoms with Gasteiger partial charge in [0.25, 0.3) is 0 Å². The van der Waals surface area contributed by atoms with Crippen LogP contribution in [0, 0.1) is 32.6 Å². The van der Waals surface area contributed by atoms with E-state index in [9.17, 15) is 0 Å². The molecule has 1 aliphatic carbocycles. The van der Waals surface area contributed by atoms with Crippen molar-refractivity contribution in [1.29, 1.82) is 0 Å². The second-order valence-electron chi connectivity index (χ2n) is 6.53. The third-order valence-electron chi connectivity index (χ3n) is 4.78. The minimum atomic E-state index is 0.421. The summed E-state index contributed by atoms with van der Waals surface area (Å²) in [5.41, 5.74) is 8.73. The van der Waals surface area contributed by atoms with Crippen LogP contribution in [0.3, 0.4) is 0 Å². The van der Waals surface area contributed by atoms with Crippen LogP contribution < -0.4 is 11.3 Å². The van der Waals surface area contributed by atoms with E-state index in [1.165, 1.54) is 41.5 Å². The molecule has 0 radical (unpaired) electrons. The third kappa shape index (κ3) is 3.37. The van der Waals surface area contributed by atoms with Crippen LogP contribution in [0.1, 0.15) is 48.4 Å². The van der Waals surface area contributed by atoms with Gasteiger partial charge in [0.05, 0.1) is 0 Å². The highest BCUT2D eigenvalue weighted by molar-refractivity contribution is 5.38. The van der Waals surface area contributed by atoms with Crippen LogP contribution in [0.15, 0.2) is 12.1 Å². The van der Waals surface area contributed by atoms with Gasteiger partial charge in [0.15, 0.2) is 0 Å². The Kier molecular flexibility index (Phi) is 4.64. The van der Waals surface area contributed by atoms with Crippen molar-refractivity contribution in [3.05, 3.63) is 34.4 Å². The molecule has 0 saturated heterocycles. The molecule has 0 heterocycles. The van der Waals surface area contributed by atoms with Crippen molar-refractivity contribution in [2.45, 2.75) is 59.4 Å². The lowest BCUT2D eigenvalue weighted by molar-refractivity contribution is 0.352. The molecule has 0 spiro atoms. The second kappa shape index (κ2) is 6.06. The first-order chi connectivity index (χ1) is 9.01. The standard InChI is InChI=1S/C17H28N2/c1-11-5-6-15(9-11)17(19-18)10-16-13(3)7-12(2)8-14(16)4/h7-8,11,15,17,19H,5-6,9-10,18H2,1-4H3. The fourth-order valence-corrected chi connectivity index (χ4v) is 3.73. The van der Waals surface area contributed by atoms with Gasteiger partial charge in [-0.3, -0.25) is 11.3 Å². The number of aryl methyl sites for hydroxylation is 3. The van der Waals surface area contributed by atoms with E-state index in [0.717, 1.165) is 18.3 Å². The Morgan fingerprint density at radius 2 is 1.84 bits per heavy atom. The van der Waals surface area contributed by atoms with Crippen molar-refractivity contribution < 1.29 is 0 Å². The Morgan fingerprint density at radius 1 is 1.21 bits per heavy atom. The zero-order chi connectivity index (χ0) is 14.0. The SMILES string of the molecule is Cc1cc(C)c(CC(NN)C2CCC(C)C2)c(C)c1. The van der Waals surface area contributed by atoms with Crippen molar-refractivity contribution in [2.24, 2.45) is 17.7 Å². The maximum absolute atomic E-state index is 5.83. The number of hydrazine groups is 1. The Balaban J connectivity index is 2.14. The number of hydrogen-bond donors (Lipinski definition) is 2. The number of nitrogens with one attached hydrogen (secondary N) is 1. The summed E-state index contributed by atoms with van der Waals surface area (Å²) < 4.78 is 0. The predicted octanol–water partition coefficient (Wildman–Crippen LogP) is 3.42. The summed E-state index contributed by atoms with van der Waals surface area (Å²) in [5.74, 6) is 7.42. The molecular weight excluding hydrogens is 232 g/mol. The lowest BCUT2D eigenvalue weighted by Crippen LogP contribution is -2.42. The number of hydrogen-bond acceptors (Lipinski definition) is 2. The van der Waals surface area contributed by atoms with Crippen LogP contribution in [-0.4, -0.2) is 6.04 Å². The Morgan fingerprint density at radius 3 is 2.32 bits per heavy atom. The number of benzene rings is 1. The summed E-state index contributed by atoms with van der Waals surface area (Å²) in [7, 11) is 0. The van der Waals surface area contributed by atoms with Gasteiger partial charge in [0.2, 0.25) is 0 Å². The largest absolute Gasteiger partial charge is 0.271 e. The average molecular weight is 260 g/mol. The van der Waals surface area contributed by atoms with Crippen LogP contribution in [0.4, 0.5) is 0 Å². The molecule has 1 fully saturated rings. The molecule has 106 valence electrons. The average Bonchev–Trinajstić information content (AvgIpc) is 2.75. The lowest BCUT2D eigenvalue weighted by Gasteiger charge is -2.25. The molecule has 0 amide bonds. The molecule has 3 atom stereocenters. The van der Waals surface area contributed by atoms with Crippen LogP contribution in [0.2, 0.25) is 0 Å². The summed E-state index contributed by atoms with van der Waals surface area (Å²) in [6.45, 7) is 8.97. The smallest absolute Gasteiger partial charge is 0.0279 e. The van der Waals surface area contributed by atoms with Crippen molar-refractivity contribution in [1.82, 2.24) is 5.43 Å². The maximum Gasteiger partial charge on any atom is 0.0279 e. The third-order valence-corrected chi connectivity index (χ3v) is 4.78. The van der Waals surface area contributed by atoms with Crippen molar-refractivity contribution in [3.63, 3.8) is 0 Å². The van der Waals surface area contributed by atoms with E-state index in [-0.39, 0.29) is 0 Å². The molecule has 1 saturated carbocycles. The van der Waals surface area contributed by atoms with E-state index in [1.807, 2.05) is 0 Å². The quantitative estimate of drug-likeness (QED) is 0.643. The van der Waals surface area contributed by atoms with E-state index < -0.39 is 0 Å². The van der Waals surface area contributed by atoms with Gasteiger partial charge in [-0.2, -0.15) is 0 Å². The molecule has 1 aliphatic rings. The molecule has 0 aliphatic heterocycles. The molecule has 3 N–H and O–H groups in total. The van der Waals surface area contributed by atoms with Gasteiger partial charge < -0.3 is 0 Å². The zero-order valence-corrected chi connectivity index (χ0v) is 12.8. The van der Waals surface area contributed by atoms with Gasteiger partial charge in [-0.05, 0) is 68.6 Å². The molecule has 1 aromatic rings. The number of rotatable bonds is 4. The highest BCUT2D eigenvalue weighted by Crippen LogP contribution is 2.34. The monoisotopic (exact) mass is 260 g/mol. The minimum absolute atomic E-state index is 0.421. The summed E-state index contributed by atoms with van der Waals surface area (Å²) in [5, 5.41) is 0. The Bertz CT molecular complexity index is 416. The van der Waals surface area contributed by atoms with E-state index in [1.54, 1.807) is 0 Å². The minimum Gasteiger partial charge on any atom is -0.271 e. The van der Waals surface area contributed by atoms with Gasteiger partial charge in [0.1, 0.15) is 0 Å². The fraction of sp³-hybridized carbons (Fsp3) is 0.647. The first-order valence-electron chi connectivity index (χ1n) is 7.54. The summed E-state index contributed by atoms with van der Waals surface area (Å²) in [6, 6.07) is 4.99. The van der Waals surface area contributed by atoms with Gasteiger partial charge in [-0.15, -0.1) is 0 Å². The summed E-state index contributed by atoms with van der Waals surface area (Å²) in [4.78, 5) is 0. The predicted molar refractivity (Wildman–Crippen MR) is 82.0 cm³/mol. The van der Waals surface area contributed by atoms with Gasteiger partial charge in [-0.25, -0.2) is 0 Å². The lowest BCUT2D eigenvalue weighted by atomic mass is 9.88. The Labute approximate surface area is 117 Å². The first-order valence-corrected chi connectivity index (χ1v) is 7.54. The molecular formula is C17H28N2. The van der Waals surface area contributed by atoms with Gasteiger partial charge in [-0.1, -0.05) is 31.0 Å². The van der Waals surface area contributed by atoms with Crippen molar-refractivity contribution >= 4 is 0 Å². The molecule has 2 nitrogen and oxygen atoms in total. The second-order valence-corrected chi connectivity index (χ2v) is 6.53. The van der Waals surface area contributed by atoms with Crippen molar-refractivity contribution in [2.75, 3.05) is 0 Å². The van der Waals surface area contributed by atoms with E-state index in [2.05, 4.69) is 45.3 Å². The summed E-state index contributed by atoms with van der Waals surface area (Å²) in [6.07, 6.45) is 5.05. The molecule has 19 heavy (non-hydrogen) atoms. The van der Waals surface area contributed by atoms with E-state index in [0.29, 0.717) is 6.04 Å². The van der Waals surface area contributed by atoms with Gasteiger partial charge >= 0.3 is 0 Å². The zero-order valence-electron chi connectivity index (χ0n) is 12.8. The molecule has 1 aromatic carbocycles. The fourth-order valence-electron chi connectivity index (χ4n) is 3.73. The highest BCUT2D eigenvalue weighted by atomic mass is 15.2. The van der Waals surface area contributed by atoms with Crippen LogP contribution >= 0.6 is 0 Å². The van der Waals surface area contributed by atoms with Gasteiger partial charge in [0, 0.05) is 6.04 Å². The normalized spacial score (nSPS) is 24.7. The molecule has 0 aromatic heterocycles. The highest BCUT2D eigenvalue weighted by Gasteiger charge is 2.28.